The van der Waals surface area contributed by atoms with Crippen LogP contribution >= 0.6 is 11.8 Å². The molecular formula is C15H21NO2S. The Labute approximate surface area is 118 Å². The fraction of sp³-hybridized carbons (Fsp3) is 0.533. The van der Waals surface area contributed by atoms with Crippen molar-refractivity contribution in [3.8, 4) is 0 Å². The summed E-state index contributed by atoms with van der Waals surface area (Å²) >= 11 is 1.87. The van der Waals surface area contributed by atoms with Gasteiger partial charge in [-0.25, -0.2) is 4.79 Å². The predicted octanol–water partition coefficient (Wildman–Crippen LogP) is 3.79. The van der Waals surface area contributed by atoms with E-state index in [1.807, 2.05) is 24.8 Å². The molecular weight excluding hydrogens is 258 g/mol. The molecule has 1 aliphatic carbocycles. The van der Waals surface area contributed by atoms with E-state index in [0.29, 0.717) is 16.5 Å². The topological polar surface area (TPSA) is 52.3 Å². The van der Waals surface area contributed by atoms with E-state index in [2.05, 4.69) is 6.07 Å². The fourth-order valence-corrected chi connectivity index (χ4v) is 3.87. The van der Waals surface area contributed by atoms with Gasteiger partial charge in [0.1, 0.15) is 0 Å². The molecule has 0 atom stereocenters. The molecule has 1 aliphatic rings. The first-order chi connectivity index (χ1) is 9.11. The van der Waals surface area contributed by atoms with Crippen LogP contribution in [0.25, 0.3) is 0 Å². The van der Waals surface area contributed by atoms with Crippen LogP contribution in [0.3, 0.4) is 0 Å². The molecule has 4 heteroatoms. The van der Waals surface area contributed by atoms with Gasteiger partial charge in [0.15, 0.2) is 0 Å². The number of rotatable bonds is 3. The summed E-state index contributed by atoms with van der Waals surface area (Å²) in [6, 6.07) is 3.94. The number of hydrogen-bond acceptors (Lipinski definition) is 4. The van der Waals surface area contributed by atoms with Crippen molar-refractivity contribution in [1.29, 1.82) is 0 Å². The highest BCUT2D eigenvalue weighted by atomic mass is 32.2. The number of nitrogens with two attached hydrogens (primary N) is 1. The molecule has 1 saturated carbocycles. The van der Waals surface area contributed by atoms with E-state index in [9.17, 15) is 4.79 Å². The molecule has 0 unspecified atom stereocenters. The molecule has 1 aromatic carbocycles. The van der Waals surface area contributed by atoms with Crippen molar-refractivity contribution in [2.75, 3.05) is 12.8 Å². The number of benzene rings is 1. The maximum atomic E-state index is 11.7. The fourth-order valence-electron chi connectivity index (χ4n) is 2.49. The minimum absolute atomic E-state index is 0.355. The lowest BCUT2D eigenvalue weighted by Gasteiger charge is -2.21. The lowest BCUT2D eigenvalue weighted by Crippen LogP contribution is -2.10. The Hall–Kier alpha value is -1.16. The summed E-state index contributed by atoms with van der Waals surface area (Å²) in [5.41, 5.74) is 7.91. The molecule has 0 heterocycles. The van der Waals surface area contributed by atoms with Gasteiger partial charge >= 0.3 is 5.97 Å². The van der Waals surface area contributed by atoms with Gasteiger partial charge in [0.05, 0.1) is 12.7 Å². The molecule has 0 aromatic heterocycles. The highest BCUT2D eigenvalue weighted by molar-refractivity contribution is 8.00. The number of nitrogen functional groups attached to an aromatic ring is 1. The van der Waals surface area contributed by atoms with Gasteiger partial charge < -0.3 is 10.5 Å². The van der Waals surface area contributed by atoms with Crippen LogP contribution in [0.15, 0.2) is 17.0 Å². The second-order valence-corrected chi connectivity index (χ2v) is 6.44. The van der Waals surface area contributed by atoms with Crippen molar-refractivity contribution in [1.82, 2.24) is 0 Å². The lowest BCUT2D eigenvalue weighted by molar-refractivity contribution is 0.0601. The molecule has 3 nitrogen and oxygen atoms in total. The second kappa shape index (κ2) is 6.33. The van der Waals surface area contributed by atoms with Gasteiger partial charge in [-0.15, -0.1) is 11.8 Å². The Morgan fingerprint density at radius 2 is 2.00 bits per heavy atom. The van der Waals surface area contributed by atoms with E-state index in [1.54, 1.807) is 0 Å². The Kier molecular flexibility index (Phi) is 4.75. The smallest absolute Gasteiger partial charge is 0.340 e. The maximum Gasteiger partial charge on any atom is 0.340 e. The van der Waals surface area contributed by atoms with Crippen molar-refractivity contribution in [2.24, 2.45) is 0 Å². The van der Waals surface area contributed by atoms with Crippen molar-refractivity contribution in [2.45, 2.75) is 49.2 Å². The first-order valence-electron chi connectivity index (χ1n) is 6.77. The number of anilines is 1. The molecule has 2 rings (SSSR count). The highest BCUT2D eigenvalue weighted by Gasteiger charge is 2.18. The quantitative estimate of drug-likeness (QED) is 0.675. The molecule has 19 heavy (non-hydrogen) atoms. The average molecular weight is 279 g/mol. The summed E-state index contributed by atoms with van der Waals surface area (Å²) < 4.78 is 4.79. The number of ether oxygens (including phenoxy) is 1. The SMILES string of the molecule is COC(=O)c1cc(SC2CCCCC2)cc(C)c1N. The Balaban J connectivity index is 2.20. The molecule has 0 spiro atoms. The van der Waals surface area contributed by atoms with Gasteiger partial charge in [0, 0.05) is 15.8 Å². The minimum Gasteiger partial charge on any atom is -0.465 e. The first-order valence-corrected chi connectivity index (χ1v) is 7.65. The van der Waals surface area contributed by atoms with E-state index in [4.69, 9.17) is 10.5 Å². The van der Waals surface area contributed by atoms with Crippen LogP contribution in [-0.2, 0) is 4.74 Å². The Morgan fingerprint density at radius 3 is 2.63 bits per heavy atom. The number of esters is 1. The summed E-state index contributed by atoms with van der Waals surface area (Å²) in [7, 11) is 1.39. The van der Waals surface area contributed by atoms with Crippen LogP contribution in [0.2, 0.25) is 0 Å². The molecule has 0 bridgehead atoms. The van der Waals surface area contributed by atoms with Crippen molar-refractivity contribution in [3.63, 3.8) is 0 Å². The van der Waals surface area contributed by atoms with Crippen LogP contribution in [0.5, 0.6) is 0 Å². The number of thioether (sulfide) groups is 1. The van der Waals surface area contributed by atoms with Crippen LogP contribution < -0.4 is 5.73 Å². The number of aryl methyl sites for hydroxylation is 1. The van der Waals surface area contributed by atoms with Crippen molar-refractivity contribution < 1.29 is 9.53 Å². The summed E-state index contributed by atoms with van der Waals surface area (Å²) in [5.74, 6) is -0.355. The predicted molar refractivity (Wildman–Crippen MR) is 79.7 cm³/mol. The van der Waals surface area contributed by atoms with Crippen LogP contribution in [0, 0.1) is 6.92 Å². The zero-order valence-electron chi connectivity index (χ0n) is 11.6. The highest BCUT2D eigenvalue weighted by Crippen LogP contribution is 2.35. The van der Waals surface area contributed by atoms with Gasteiger partial charge in [-0.1, -0.05) is 19.3 Å². The van der Waals surface area contributed by atoms with E-state index >= 15 is 0 Å². The summed E-state index contributed by atoms with van der Waals surface area (Å²) in [6.07, 6.45) is 6.51. The van der Waals surface area contributed by atoms with E-state index in [1.165, 1.54) is 39.2 Å². The minimum atomic E-state index is -0.355. The molecule has 1 fully saturated rings. The monoisotopic (exact) mass is 279 g/mol. The third-order valence-electron chi connectivity index (χ3n) is 3.62. The molecule has 2 N–H and O–H groups in total. The number of methoxy groups -OCH3 is 1. The zero-order chi connectivity index (χ0) is 13.8. The van der Waals surface area contributed by atoms with Gasteiger partial charge in [0.25, 0.3) is 0 Å². The lowest BCUT2D eigenvalue weighted by atomic mass is 10.0. The van der Waals surface area contributed by atoms with Crippen molar-refractivity contribution >= 4 is 23.4 Å². The molecule has 0 radical (unpaired) electrons. The number of hydrogen-bond donors (Lipinski definition) is 1. The zero-order valence-corrected chi connectivity index (χ0v) is 12.4. The van der Waals surface area contributed by atoms with Gasteiger partial charge in [-0.3, -0.25) is 0 Å². The number of carbonyl (C=O) groups is 1. The summed E-state index contributed by atoms with van der Waals surface area (Å²) in [6.45, 7) is 1.94. The Bertz CT molecular complexity index is 467. The maximum absolute atomic E-state index is 11.7. The van der Waals surface area contributed by atoms with Gasteiger partial charge in [-0.05, 0) is 37.5 Å². The second-order valence-electron chi connectivity index (χ2n) is 5.07. The van der Waals surface area contributed by atoms with Crippen LogP contribution in [-0.4, -0.2) is 18.3 Å². The third kappa shape index (κ3) is 3.44. The number of carbonyl (C=O) groups excluding carboxylic acids is 1. The molecule has 104 valence electrons. The molecule has 0 saturated heterocycles. The van der Waals surface area contributed by atoms with Crippen molar-refractivity contribution in [3.05, 3.63) is 23.3 Å². The molecule has 1 aromatic rings. The first kappa shape index (κ1) is 14.3. The van der Waals surface area contributed by atoms with Crippen LogP contribution in [0.1, 0.15) is 48.0 Å². The summed E-state index contributed by atoms with van der Waals surface area (Å²) in [5, 5.41) is 0.669. The van der Waals surface area contributed by atoms with Gasteiger partial charge in [-0.2, -0.15) is 0 Å². The molecule has 0 aliphatic heterocycles. The standard InChI is InChI=1S/C15H21NO2S/c1-10-8-12(19-11-6-4-3-5-7-11)9-13(14(10)16)15(17)18-2/h8-9,11H,3-7,16H2,1-2H3. The van der Waals surface area contributed by atoms with E-state index in [-0.39, 0.29) is 5.97 Å². The normalized spacial score (nSPS) is 16.3. The average Bonchev–Trinajstić information content (AvgIpc) is 2.43. The third-order valence-corrected chi connectivity index (χ3v) is 4.93. The summed E-state index contributed by atoms with van der Waals surface area (Å²) in [4.78, 5) is 12.8. The van der Waals surface area contributed by atoms with E-state index in [0.717, 1.165) is 10.5 Å². The Morgan fingerprint density at radius 1 is 1.32 bits per heavy atom. The molecule has 0 amide bonds. The largest absolute Gasteiger partial charge is 0.465 e. The van der Waals surface area contributed by atoms with Gasteiger partial charge in [0.2, 0.25) is 0 Å². The van der Waals surface area contributed by atoms with E-state index < -0.39 is 0 Å². The van der Waals surface area contributed by atoms with Crippen LogP contribution in [0.4, 0.5) is 5.69 Å².